The molecule has 2 aromatic rings. The van der Waals surface area contributed by atoms with E-state index >= 15 is 0 Å². The van der Waals surface area contributed by atoms with E-state index in [1.165, 1.54) is 12.1 Å². The predicted molar refractivity (Wildman–Crippen MR) is 130 cm³/mol. The molecule has 2 aromatic carbocycles. The normalized spacial score (nSPS) is 14.8. The van der Waals surface area contributed by atoms with Crippen LogP contribution in [-0.2, 0) is 10.1 Å². The molecule has 0 N–H and O–H groups in total. The molecular weight excluding hydrogens is 587 g/mol. The molecule has 164 valence electrons. The standard InChI is InChI=1S/C20H24BrIN2O5S/c1-14-11-16(12-18(21)19(14)28-4)29-30(26,27)17-7-5-15(6-8-17)24-10-9-23(20(24)25)13-22(2)3/h5-8,11-12H,9-10,13H2,1-4H3. The van der Waals surface area contributed by atoms with Gasteiger partial charge >= 0.3 is 143 Å². The topological polar surface area (TPSA) is 76.2 Å². The molecule has 0 spiro atoms. The number of carbonyl (C=O) groups is 1. The first-order valence-corrected chi connectivity index (χ1v) is 17.1. The molecule has 1 fully saturated rings. The fourth-order valence-electron chi connectivity index (χ4n) is 3.20. The molecule has 30 heavy (non-hydrogen) atoms. The Bertz CT molecular complexity index is 1020. The van der Waals surface area contributed by atoms with Gasteiger partial charge in [-0.15, -0.1) is 0 Å². The van der Waals surface area contributed by atoms with Gasteiger partial charge in [0.1, 0.15) is 5.75 Å². The van der Waals surface area contributed by atoms with Gasteiger partial charge in [0.25, 0.3) is 0 Å². The molecule has 0 atom stereocenters. The Kier molecular flexibility index (Phi) is 7.18. The molecule has 0 radical (unpaired) electrons. The Balaban J connectivity index is 1.76. The summed E-state index contributed by atoms with van der Waals surface area (Å²) in [4.78, 5) is 20.6. The summed E-state index contributed by atoms with van der Waals surface area (Å²) in [6.07, 6.45) is 0. The van der Waals surface area contributed by atoms with Crippen molar-refractivity contribution < 1.29 is 22.1 Å². The van der Waals surface area contributed by atoms with E-state index in [1.807, 2.05) is 4.90 Å². The van der Waals surface area contributed by atoms with Gasteiger partial charge in [0, 0.05) is 0 Å². The zero-order valence-electron chi connectivity index (χ0n) is 17.2. The Morgan fingerprint density at radius 2 is 1.80 bits per heavy atom. The van der Waals surface area contributed by atoms with Crippen molar-refractivity contribution in [2.45, 2.75) is 11.8 Å². The average molecular weight is 611 g/mol. The minimum atomic E-state index is -4.02. The van der Waals surface area contributed by atoms with Crippen molar-refractivity contribution in [3.05, 3.63) is 46.4 Å². The van der Waals surface area contributed by atoms with Crippen LogP contribution in [0, 0.1) is 6.92 Å². The SMILES string of the molecule is COc1c(C)cc(OS(=O)(=O)c2ccc(N3CCN(CI(C)C)C3=O)cc2)cc1Br. The van der Waals surface area contributed by atoms with Crippen LogP contribution in [-0.4, -0.2) is 54.0 Å². The van der Waals surface area contributed by atoms with Crippen LogP contribution in [0.15, 0.2) is 45.8 Å². The number of carbonyl (C=O) groups excluding carboxylic acids is 1. The maximum atomic E-state index is 12.7. The van der Waals surface area contributed by atoms with Crippen LogP contribution in [0.2, 0.25) is 0 Å². The van der Waals surface area contributed by atoms with Crippen LogP contribution >= 0.6 is 35.7 Å². The second-order valence-corrected chi connectivity index (χ2v) is 15.3. The fourth-order valence-corrected chi connectivity index (χ4v) is 7.09. The summed E-state index contributed by atoms with van der Waals surface area (Å²) in [6, 6.07) is 9.34. The number of methoxy groups -OCH3 is 1. The molecule has 0 bridgehead atoms. The van der Waals surface area contributed by atoms with Gasteiger partial charge in [0.15, 0.2) is 0 Å². The molecule has 0 unspecified atom stereocenters. The zero-order valence-corrected chi connectivity index (χ0v) is 21.7. The number of anilines is 1. The average Bonchev–Trinajstić information content (AvgIpc) is 3.01. The summed E-state index contributed by atoms with van der Waals surface area (Å²) < 4.78 is 37.4. The summed E-state index contributed by atoms with van der Waals surface area (Å²) in [5, 5.41) is 0. The first-order valence-electron chi connectivity index (χ1n) is 9.03. The molecule has 1 heterocycles. The van der Waals surface area contributed by atoms with E-state index in [2.05, 4.69) is 25.8 Å². The molecule has 1 saturated heterocycles. The van der Waals surface area contributed by atoms with E-state index in [4.69, 9.17) is 8.92 Å². The van der Waals surface area contributed by atoms with E-state index in [1.54, 1.807) is 43.2 Å². The van der Waals surface area contributed by atoms with E-state index in [0.717, 1.165) is 10.1 Å². The Hall–Kier alpha value is -1.53. The molecule has 2 amide bonds. The molecule has 1 aliphatic heterocycles. The van der Waals surface area contributed by atoms with Crippen molar-refractivity contribution in [3.63, 3.8) is 0 Å². The molecule has 0 aromatic heterocycles. The van der Waals surface area contributed by atoms with Crippen LogP contribution in [0.3, 0.4) is 0 Å². The molecule has 1 aliphatic rings. The van der Waals surface area contributed by atoms with Crippen molar-refractivity contribution >= 4 is 57.6 Å². The van der Waals surface area contributed by atoms with Crippen molar-refractivity contribution in [1.82, 2.24) is 4.90 Å². The van der Waals surface area contributed by atoms with Gasteiger partial charge in [-0.1, -0.05) is 0 Å². The predicted octanol–water partition coefficient (Wildman–Crippen LogP) is 4.50. The minimum absolute atomic E-state index is 0.0218. The molecular formula is C20H24BrIN2O5S. The number of urea groups is 1. The van der Waals surface area contributed by atoms with E-state index in [-0.39, 0.29) is 16.7 Å². The quantitative estimate of drug-likeness (QED) is 0.200. The van der Waals surface area contributed by atoms with Gasteiger partial charge in [0.2, 0.25) is 0 Å². The monoisotopic (exact) mass is 610 g/mol. The summed E-state index contributed by atoms with van der Waals surface area (Å²) in [7, 11) is -2.47. The Morgan fingerprint density at radius 3 is 2.37 bits per heavy atom. The van der Waals surface area contributed by atoms with E-state index < -0.39 is 29.9 Å². The number of amides is 2. The third kappa shape index (κ3) is 5.02. The fraction of sp³-hybridized carbons (Fsp3) is 0.350. The Morgan fingerprint density at radius 1 is 1.13 bits per heavy atom. The van der Waals surface area contributed by atoms with Gasteiger partial charge in [-0.3, -0.25) is 0 Å². The smallest absolute Gasteiger partial charge is 0.0466 e. The maximum absolute atomic E-state index is 12.7. The number of halogens is 2. The van der Waals surface area contributed by atoms with Gasteiger partial charge < -0.3 is 4.74 Å². The summed E-state index contributed by atoms with van der Waals surface area (Å²) in [6.45, 7) is 3.10. The van der Waals surface area contributed by atoms with Gasteiger partial charge in [-0.05, 0) is 28.4 Å². The molecule has 0 saturated carbocycles. The number of ether oxygens (including phenoxy) is 1. The molecule has 7 nitrogen and oxygen atoms in total. The number of hydrogen-bond donors (Lipinski definition) is 0. The van der Waals surface area contributed by atoms with Gasteiger partial charge in [-0.2, -0.15) is 0 Å². The Labute approximate surface area is 193 Å². The number of alkyl halides is 3. The number of aryl methyl sites for hydroxylation is 1. The van der Waals surface area contributed by atoms with Crippen molar-refractivity contribution in [2.24, 2.45) is 0 Å². The molecule has 10 heteroatoms. The van der Waals surface area contributed by atoms with Crippen LogP contribution in [0.25, 0.3) is 0 Å². The number of rotatable bonds is 7. The van der Waals surface area contributed by atoms with Gasteiger partial charge in [-0.25, -0.2) is 0 Å². The third-order valence-corrected chi connectivity index (χ3v) is 8.57. The van der Waals surface area contributed by atoms with Crippen LogP contribution in [0.4, 0.5) is 10.5 Å². The molecule has 3 rings (SSSR count). The first kappa shape index (κ1) is 23.1. The number of hydrogen-bond acceptors (Lipinski definition) is 5. The number of nitrogens with zero attached hydrogens (tertiary/aromatic N) is 2. The summed E-state index contributed by atoms with van der Waals surface area (Å²) in [5.74, 6) is 0.807. The van der Waals surface area contributed by atoms with Crippen LogP contribution in [0.5, 0.6) is 11.5 Å². The summed E-state index contributed by atoms with van der Waals surface area (Å²) >= 11 is 2.30. The van der Waals surface area contributed by atoms with E-state index in [9.17, 15) is 13.2 Å². The molecule has 0 aliphatic carbocycles. The van der Waals surface area contributed by atoms with Crippen LogP contribution < -0.4 is 13.8 Å². The first-order chi connectivity index (χ1) is 14.1. The van der Waals surface area contributed by atoms with Crippen molar-refractivity contribution in [1.29, 1.82) is 0 Å². The van der Waals surface area contributed by atoms with E-state index in [0.29, 0.717) is 29.0 Å². The van der Waals surface area contributed by atoms with Crippen molar-refractivity contribution in [2.75, 3.05) is 39.5 Å². The van der Waals surface area contributed by atoms with Crippen molar-refractivity contribution in [3.8, 4) is 11.5 Å². The van der Waals surface area contributed by atoms with Crippen LogP contribution in [0.1, 0.15) is 5.56 Å². The number of benzene rings is 2. The second kappa shape index (κ2) is 9.31. The second-order valence-electron chi connectivity index (χ2n) is 7.02. The summed E-state index contributed by atoms with van der Waals surface area (Å²) in [5.41, 5.74) is 1.42. The van der Waals surface area contributed by atoms with Gasteiger partial charge in [0.05, 0.1) is 11.6 Å². The zero-order chi connectivity index (χ0) is 22.1. The minimum Gasteiger partial charge on any atom is -0.0466 e. The third-order valence-electron chi connectivity index (χ3n) is 4.53.